The maximum Gasteiger partial charge on any atom is 0.265 e. The first-order valence-electron chi connectivity index (χ1n) is 8.01. The molecule has 3 aromatic rings. The van der Waals surface area contributed by atoms with Crippen molar-refractivity contribution < 1.29 is 9.53 Å². The van der Waals surface area contributed by atoms with Crippen LogP contribution in [-0.2, 0) is 4.79 Å². The molecule has 1 atom stereocenters. The van der Waals surface area contributed by atoms with Crippen molar-refractivity contribution >= 4 is 11.6 Å². The molecule has 7 nitrogen and oxygen atoms in total. The quantitative estimate of drug-likeness (QED) is 0.766. The Hall–Kier alpha value is -3.66. The molecule has 1 N–H and O–H groups in total. The van der Waals surface area contributed by atoms with E-state index in [4.69, 9.17) is 10.00 Å². The van der Waals surface area contributed by atoms with Crippen LogP contribution in [0.4, 0.5) is 5.69 Å². The summed E-state index contributed by atoms with van der Waals surface area (Å²) < 4.78 is 7.43. The van der Waals surface area contributed by atoms with Crippen molar-refractivity contribution in [2.75, 3.05) is 5.32 Å². The van der Waals surface area contributed by atoms with Crippen molar-refractivity contribution in [2.24, 2.45) is 0 Å². The minimum atomic E-state index is -0.749. The Balaban J connectivity index is 1.76. The molecule has 0 aliphatic rings. The van der Waals surface area contributed by atoms with E-state index in [-0.39, 0.29) is 5.91 Å². The van der Waals surface area contributed by atoms with Gasteiger partial charge in [-0.05, 0) is 44.2 Å². The zero-order valence-electron chi connectivity index (χ0n) is 14.4. The first kappa shape index (κ1) is 17.2. The van der Waals surface area contributed by atoms with Crippen molar-refractivity contribution in [1.29, 1.82) is 5.26 Å². The smallest absolute Gasteiger partial charge is 0.265 e. The van der Waals surface area contributed by atoms with Gasteiger partial charge in [0.25, 0.3) is 5.91 Å². The standard InChI is InChI=1S/C19H17N5O2/c1-13(26-16-6-3-5-15(11-16)12-20)19(25)23-17-7-4-8-22-18(17)24-10-9-21-14(24)2/h3-11,13H,1-2H3,(H,23,25). The van der Waals surface area contributed by atoms with Gasteiger partial charge in [0.1, 0.15) is 11.6 Å². The van der Waals surface area contributed by atoms with Gasteiger partial charge in [0, 0.05) is 18.6 Å². The van der Waals surface area contributed by atoms with E-state index in [2.05, 4.69) is 15.3 Å². The van der Waals surface area contributed by atoms with Gasteiger partial charge in [-0.15, -0.1) is 0 Å². The predicted molar refractivity (Wildman–Crippen MR) is 96.0 cm³/mol. The van der Waals surface area contributed by atoms with E-state index in [0.29, 0.717) is 22.8 Å². The van der Waals surface area contributed by atoms with Gasteiger partial charge in [-0.25, -0.2) is 9.97 Å². The molecule has 3 rings (SSSR count). The fourth-order valence-corrected chi connectivity index (χ4v) is 2.42. The molecule has 0 saturated carbocycles. The van der Waals surface area contributed by atoms with E-state index in [0.717, 1.165) is 5.82 Å². The monoisotopic (exact) mass is 347 g/mol. The number of hydrogen-bond donors (Lipinski definition) is 1. The number of nitrogens with zero attached hydrogens (tertiary/aromatic N) is 4. The molecule has 0 aliphatic carbocycles. The lowest BCUT2D eigenvalue weighted by atomic mass is 10.2. The SMILES string of the molecule is Cc1nccn1-c1ncccc1NC(=O)C(C)Oc1cccc(C#N)c1. The van der Waals surface area contributed by atoms with Crippen LogP contribution in [0.3, 0.4) is 0 Å². The fraction of sp³-hybridized carbons (Fsp3) is 0.158. The summed E-state index contributed by atoms with van der Waals surface area (Å²) in [6.07, 6.45) is 4.35. The number of amides is 1. The summed E-state index contributed by atoms with van der Waals surface area (Å²) in [6.45, 7) is 3.50. The van der Waals surface area contributed by atoms with Gasteiger partial charge < -0.3 is 10.1 Å². The maximum absolute atomic E-state index is 12.5. The molecular formula is C19H17N5O2. The van der Waals surface area contributed by atoms with Crippen LogP contribution in [0.1, 0.15) is 18.3 Å². The van der Waals surface area contributed by atoms with Crippen LogP contribution in [0.2, 0.25) is 0 Å². The normalized spacial score (nSPS) is 11.4. The molecule has 0 bridgehead atoms. The van der Waals surface area contributed by atoms with E-state index < -0.39 is 6.10 Å². The Morgan fingerprint density at radius 3 is 2.85 bits per heavy atom. The first-order chi connectivity index (χ1) is 12.6. The maximum atomic E-state index is 12.5. The van der Waals surface area contributed by atoms with E-state index in [1.165, 1.54) is 0 Å². The first-order valence-corrected chi connectivity index (χ1v) is 8.01. The van der Waals surface area contributed by atoms with Gasteiger partial charge in [-0.3, -0.25) is 9.36 Å². The highest BCUT2D eigenvalue weighted by atomic mass is 16.5. The van der Waals surface area contributed by atoms with Crippen LogP contribution in [-0.4, -0.2) is 26.5 Å². The molecule has 2 heterocycles. The summed E-state index contributed by atoms with van der Waals surface area (Å²) in [5, 5.41) is 11.8. The van der Waals surface area contributed by atoms with Gasteiger partial charge in [-0.2, -0.15) is 5.26 Å². The number of carbonyl (C=O) groups is 1. The summed E-state index contributed by atoms with van der Waals surface area (Å²) in [5.41, 5.74) is 1.03. The number of imidazole rings is 1. The van der Waals surface area contributed by atoms with E-state index in [9.17, 15) is 4.79 Å². The zero-order valence-corrected chi connectivity index (χ0v) is 14.4. The Kier molecular flexibility index (Phi) is 4.94. The van der Waals surface area contributed by atoms with E-state index in [1.807, 2.05) is 13.0 Å². The number of hydrogen-bond acceptors (Lipinski definition) is 5. The van der Waals surface area contributed by atoms with Gasteiger partial charge >= 0.3 is 0 Å². The molecule has 0 spiro atoms. The number of aromatic nitrogens is 3. The molecule has 26 heavy (non-hydrogen) atoms. The number of ether oxygens (including phenoxy) is 1. The van der Waals surface area contributed by atoms with Gasteiger partial charge in [0.05, 0.1) is 17.3 Å². The number of pyridine rings is 1. The Morgan fingerprint density at radius 1 is 1.27 bits per heavy atom. The highest BCUT2D eigenvalue weighted by molar-refractivity contribution is 5.95. The third kappa shape index (κ3) is 3.70. The lowest BCUT2D eigenvalue weighted by molar-refractivity contribution is -0.122. The minimum Gasteiger partial charge on any atom is -0.481 e. The van der Waals surface area contributed by atoms with Crippen LogP contribution in [0.25, 0.3) is 5.82 Å². The fourth-order valence-electron chi connectivity index (χ4n) is 2.42. The Morgan fingerprint density at radius 2 is 2.12 bits per heavy atom. The van der Waals surface area contributed by atoms with E-state index >= 15 is 0 Å². The molecule has 130 valence electrons. The van der Waals surface area contributed by atoms with Crippen LogP contribution < -0.4 is 10.1 Å². The number of rotatable bonds is 5. The second kappa shape index (κ2) is 7.49. The molecule has 0 aliphatic heterocycles. The number of carbonyl (C=O) groups excluding carboxylic acids is 1. The molecule has 7 heteroatoms. The summed E-state index contributed by atoms with van der Waals surface area (Å²) in [5.74, 6) is 1.48. The largest absolute Gasteiger partial charge is 0.481 e. The summed E-state index contributed by atoms with van der Waals surface area (Å²) >= 11 is 0. The van der Waals surface area contributed by atoms with Crippen LogP contribution in [0.15, 0.2) is 55.0 Å². The van der Waals surface area contributed by atoms with Crippen molar-refractivity contribution in [3.05, 3.63) is 66.4 Å². The minimum absolute atomic E-state index is 0.320. The number of aryl methyl sites for hydroxylation is 1. The molecule has 1 amide bonds. The average Bonchev–Trinajstić information content (AvgIpc) is 3.08. The molecule has 1 aromatic carbocycles. The molecule has 0 radical (unpaired) electrons. The Bertz CT molecular complexity index is 974. The molecule has 1 unspecified atom stereocenters. The summed E-state index contributed by atoms with van der Waals surface area (Å²) in [4.78, 5) is 21.0. The third-order valence-corrected chi connectivity index (χ3v) is 3.74. The Labute approximate surface area is 150 Å². The third-order valence-electron chi connectivity index (χ3n) is 3.74. The van der Waals surface area contributed by atoms with Crippen molar-refractivity contribution in [3.63, 3.8) is 0 Å². The number of anilines is 1. The van der Waals surface area contributed by atoms with Gasteiger partial charge in [0.2, 0.25) is 0 Å². The van der Waals surface area contributed by atoms with Crippen LogP contribution in [0.5, 0.6) is 5.75 Å². The predicted octanol–water partition coefficient (Wildman–Crippen LogP) is 2.85. The second-order valence-electron chi connectivity index (χ2n) is 5.61. The highest BCUT2D eigenvalue weighted by Crippen LogP contribution is 2.20. The highest BCUT2D eigenvalue weighted by Gasteiger charge is 2.18. The lowest BCUT2D eigenvalue weighted by Gasteiger charge is -2.16. The number of benzene rings is 1. The van der Waals surface area contributed by atoms with E-state index in [1.54, 1.807) is 66.5 Å². The molecular weight excluding hydrogens is 330 g/mol. The molecule has 2 aromatic heterocycles. The number of nitriles is 1. The zero-order chi connectivity index (χ0) is 18.5. The second-order valence-corrected chi connectivity index (χ2v) is 5.61. The lowest BCUT2D eigenvalue weighted by Crippen LogP contribution is -2.30. The van der Waals surface area contributed by atoms with Gasteiger partial charge in [-0.1, -0.05) is 6.07 Å². The summed E-state index contributed by atoms with van der Waals surface area (Å²) in [7, 11) is 0. The van der Waals surface area contributed by atoms with Crippen molar-refractivity contribution in [2.45, 2.75) is 20.0 Å². The van der Waals surface area contributed by atoms with Gasteiger partial charge in [0.15, 0.2) is 11.9 Å². The average molecular weight is 347 g/mol. The summed E-state index contributed by atoms with van der Waals surface area (Å²) in [6, 6.07) is 12.2. The number of nitrogens with one attached hydrogen (secondary N) is 1. The molecule has 0 saturated heterocycles. The van der Waals surface area contributed by atoms with Crippen molar-refractivity contribution in [3.8, 4) is 17.6 Å². The molecule has 0 fully saturated rings. The van der Waals surface area contributed by atoms with Crippen LogP contribution >= 0.6 is 0 Å². The van der Waals surface area contributed by atoms with Crippen LogP contribution in [0, 0.1) is 18.3 Å². The topological polar surface area (TPSA) is 92.8 Å². The van der Waals surface area contributed by atoms with Crippen molar-refractivity contribution in [1.82, 2.24) is 14.5 Å².